The van der Waals surface area contributed by atoms with Gasteiger partial charge in [0.1, 0.15) is 5.75 Å². The van der Waals surface area contributed by atoms with E-state index in [0.29, 0.717) is 25.9 Å². The van der Waals surface area contributed by atoms with E-state index in [1.807, 2.05) is 0 Å². The Morgan fingerprint density at radius 1 is 1.18 bits per heavy atom. The summed E-state index contributed by atoms with van der Waals surface area (Å²) >= 11 is 0. The first-order chi connectivity index (χ1) is 10.5. The lowest BCUT2D eigenvalue weighted by atomic mass is 10.0. The quantitative estimate of drug-likeness (QED) is 0.468. The average molecular weight is 307 g/mol. The summed E-state index contributed by atoms with van der Waals surface area (Å²) in [5.41, 5.74) is 11.9. The molecule has 0 spiro atoms. The minimum absolute atomic E-state index is 0.00105. The molecule has 0 aliphatic rings. The van der Waals surface area contributed by atoms with E-state index in [1.165, 1.54) is 0 Å². The zero-order valence-corrected chi connectivity index (χ0v) is 12.8. The molecule has 1 aromatic rings. The second-order valence-electron chi connectivity index (χ2n) is 5.30. The zero-order chi connectivity index (χ0) is 16.4. The molecule has 122 valence electrons. The number of rotatable bonds is 10. The van der Waals surface area contributed by atoms with Gasteiger partial charge < -0.3 is 21.9 Å². The molecular formula is C16H25N3O3. The maximum Gasteiger partial charge on any atom is 0.224 e. The molecule has 1 rings (SSSR count). The summed E-state index contributed by atoms with van der Waals surface area (Å²) in [6.45, 7) is 0.897. The largest absolute Gasteiger partial charge is 0.508 e. The van der Waals surface area contributed by atoms with Crippen molar-refractivity contribution in [3.63, 3.8) is 0 Å². The predicted molar refractivity (Wildman–Crippen MR) is 85.3 cm³/mol. The lowest BCUT2D eigenvalue weighted by Gasteiger charge is -2.10. The second-order valence-corrected chi connectivity index (χ2v) is 5.30. The number of carbonyl (C=O) groups is 2. The van der Waals surface area contributed by atoms with Crippen molar-refractivity contribution in [3.05, 3.63) is 29.8 Å². The Balaban J connectivity index is 2.12. The van der Waals surface area contributed by atoms with Crippen LogP contribution in [0, 0.1) is 0 Å². The summed E-state index contributed by atoms with van der Waals surface area (Å²) in [5.74, 6) is 0.123. The van der Waals surface area contributed by atoms with E-state index in [-0.39, 0.29) is 23.9 Å². The number of benzene rings is 1. The van der Waals surface area contributed by atoms with Gasteiger partial charge in [0.05, 0.1) is 12.5 Å². The number of amides is 1. The molecule has 0 fully saturated rings. The van der Waals surface area contributed by atoms with Crippen LogP contribution in [0.1, 0.15) is 31.2 Å². The highest BCUT2D eigenvalue weighted by atomic mass is 16.3. The van der Waals surface area contributed by atoms with Gasteiger partial charge in [-0.1, -0.05) is 12.1 Å². The number of hydrogen-bond acceptors (Lipinski definition) is 5. The van der Waals surface area contributed by atoms with Crippen LogP contribution in [0.3, 0.4) is 0 Å². The number of phenols is 1. The van der Waals surface area contributed by atoms with Gasteiger partial charge in [0.15, 0.2) is 5.78 Å². The van der Waals surface area contributed by atoms with Crippen molar-refractivity contribution < 1.29 is 14.7 Å². The number of phenolic OH excluding ortho intramolecular Hbond substituents is 1. The van der Waals surface area contributed by atoms with E-state index in [9.17, 15) is 9.59 Å². The lowest BCUT2D eigenvalue weighted by Crippen LogP contribution is -2.32. The molecule has 6 heteroatoms. The van der Waals surface area contributed by atoms with E-state index >= 15 is 0 Å². The zero-order valence-electron chi connectivity index (χ0n) is 12.8. The standard InChI is InChI=1S/C16H25N3O3/c17-9-8-15(21)14(18)3-1-2-10-19-16(22)11-12-4-6-13(20)7-5-12/h4-7,14,20H,1-3,8-11,17-18H2,(H,19,22). The number of carbonyl (C=O) groups excluding carboxylic acids is 2. The molecule has 0 aliphatic heterocycles. The van der Waals surface area contributed by atoms with Gasteiger partial charge in [-0.15, -0.1) is 0 Å². The molecular weight excluding hydrogens is 282 g/mol. The highest BCUT2D eigenvalue weighted by Gasteiger charge is 2.11. The first-order valence-electron chi connectivity index (χ1n) is 7.56. The summed E-state index contributed by atoms with van der Waals surface area (Å²) in [6.07, 6.45) is 2.80. The molecule has 1 amide bonds. The van der Waals surface area contributed by atoms with Gasteiger partial charge in [-0.2, -0.15) is 0 Å². The smallest absolute Gasteiger partial charge is 0.224 e. The van der Waals surface area contributed by atoms with Crippen LogP contribution < -0.4 is 16.8 Å². The number of ketones is 1. The van der Waals surface area contributed by atoms with Crippen molar-refractivity contribution in [2.24, 2.45) is 11.5 Å². The molecule has 1 aromatic carbocycles. The molecule has 22 heavy (non-hydrogen) atoms. The van der Waals surface area contributed by atoms with E-state index in [1.54, 1.807) is 24.3 Å². The van der Waals surface area contributed by atoms with Gasteiger partial charge in [0, 0.05) is 13.0 Å². The van der Waals surface area contributed by atoms with Crippen molar-refractivity contribution in [2.75, 3.05) is 13.1 Å². The van der Waals surface area contributed by atoms with Crippen LogP contribution in [0.2, 0.25) is 0 Å². The van der Waals surface area contributed by atoms with Gasteiger partial charge in [0.25, 0.3) is 0 Å². The third-order valence-corrected chi connectivity index (χ3v) is 3.37. The van der Waals surface area contributed by atoms with Gasteiger partial charge in [-0.25, -0.2) is 0 Å². The molecule has 0 bridgehead atoms. The van der Waals surface area contributed by atoms with Gasteiger partial charge in [0.2, 0.25) is 5.91 Å². The molecule has 6 N–H and O–H groups in total. The van der Waals surface area contributed by atoms with Crippen LogP contribution in [-0.2, 0) is 16.0 Å². The fraction of sp³-hybridized carbons (Fsp3) is 0.500. The number of unbranched alkanes of at least 4 members (excludes halogenated alkanes) is 1. The first kappa shape index (κ1) is 18.1. The fourth-order valence-corrected chi connectivity index (χ4v) is 2.07. The first-order valence-corrected chi connectivity index (χ1v) is 7.56. The molecule has 0 heterocycles. The van der Waals surface area contributed by atoms with Gasteiger partial charge >= 0.3 is 0 Å². The summed E-state index contributed by atoms with van der Waals surface area (Å²) in [7, 11) is 0. The number of aromatic hydroxyl groups is 1. The van der Waals surface area contributed by atoms with Crippen molar-refractivity contribution in [3.8, 4) is 5.75 Å². The predicted octanol–water partition coefficient (Wildman–Crippen LogP) is 0.466. The molecule has 6 nitrogen and oxygen atoms in total. The van der Waals surface area contributed by atoms with Gasteiger partial charge in [-0.05, 0) is 43.5 Å². The van der Waals surface area contributed by atoms with Crippen LogP contribution in [0.5, 0.6) is 5.75 Å². The third-order valence-electron chi connectivity index (χ3n) is 3.37. The lowest BCUT2D eigenvalue weighted by molar-refractivity contribution is -0.121. The highest BCUT2D eigenvalue weighted by Crippen LogP contribution is 2.10. The summed E-state index contributed by atoms with van der Waals surface area (Å²) in [5, 5.41) is 12.0. The maximum absolute atomic E-state index is 11.7. The monoisotopic (exact) mass is 307 g/mol. The Kier molecular flexibility index (Phi) is 8.17. The Labute approximate surface area is 130 Å². The van der Waals surface area contributed by atoms with Gasteiger partial charge in [-0.3, -0.25) is 9.59 Å². The number of nitrogens with one attached hydrogen (secondary N) is 1. The summed E-state index contributed by atoms with van der Waals surface area (Å²) in [6, 6.07) is 6.11. The van der Waals surface area contributed by atoms with E-state index in [0.717, 1.165) is 18.4 Å². The van der Waals surface area contributed by atoms with E-state index < -0.39 is 6.04 Å². The fourth-order valence-electron chi connectivity index (χ4n) is 2.07. The normalized spacial score (nSPS) is 11.9. The van der Waals surface area contributed by atoms with E-state index in [2.05, 4.69) is 5.32 Å². The van der Waals surface area contributed by atoms with Crippen molar-refractivity contribution in [2.45, 2.75) is 38.1 Å². The molecule has 0 radical (unpaired) electrons. The number of hydrogen-bond donors (Lipinski definition) is 4. The third kappa shape index (κ3) is 7.19. The number of nitrogens with two attached hydrogens (primary N) is 2. The molecule has 1 unspecified atom stereocenters. The highest BCUT2D eigenvalue weighted by molar-refractivity contribution is 5.83. The molecule has 0 aromatic heterocycles. The summed E-state index contributed by atoms with van der Waals surface area (Å²) in [4.78, 5) is 23.2. The molecule has 1 atom stereocenters. The topological polar surface area (TPSA) is 118 Å². The molecule has 0 aliphatic carbocycles. The minimum atomic E-state index is -0.448. The summed E-state index contributed by atoms with van der Waals surface area (Å²) < 4.78 is 0. The van der Waals surface area contributed by atoms with Crippen LogP contribution in [0.15, 0.2) is 24.3 Å². The van der Waals surface area contributed by atoms with Crippen molar-refractivity contribution in [1.29, 1.82) is 0 Å². The molecule has 0 saturated carbocycles. The second kappa shape index (κ2) is 9.92. The Bertz CT molecular complexity index is 474. The SMILES string of the molecule is NCCC(=O)C(N)CCCCNC(=O)Cc1ccc(O)cc1. The average Bonchev–Trinajstić information content (AvgIpc) is 2.49. The van der Waals surface area contributed by atoms with Crippen LogP contribution in [0.25, 0.3) is 0 Å². The number of Topliss-reactive ketones (excluding diaryl/α,β-unsaturated/α-hetero) is 1. The van der Waals surface area contributed by atoms with Crippen LogP contribution in [0.4, 0.5) is 0 Å². The van der Waals surface area contributed by atoms with Crippen molar-refractivity contribution >= 4 is 11.7 Å². The van der Waals surface area contributed by atoms with Crippen molar-refractivity contribution in [1.82, 2.24) is 5.32 Å². The Hall–Kier alpha value is -1.92. The van der Waals surface area contributed by atoms with Crippen LogP contribution in [-0.4, -0.2) is 35.9 Å². The molecule has 0 saturated heterocycles. The van der Waals surface area contributed by atoms with E-state index in [4.69, 9.17) is 16.6 Å². The Morgan fingerprint density at radius 2 is 1.86 bits per heavy atom. The maximum atomic E-state index is 11.7. The Morgan fingerprint density at radius 3 is 2.50 bits per heavy atom. The van der Waals surface area contributed by atoms with Crippen LogP contribution >= 0.6 is 0 Å². The minimum Gasteiger partial charge on any atom is -0.508 e.